The van der Waals surface area contributed by atoms with Crippen LogP contribution < -0.4 is 11.1 Å². The second-order valence-electron chi connectivity index (χ2n) is 7.49. The van der Waals surface area contributed by atoms with Crippen molar-refractivity contribution in [2.45, 2.75) is 19.4 Å². The van der Waals surface area contributed by atoms with Crippen molar-refractivity contribution in [1.29, 1.82) is 0 Å². The highest BCUT2D eigenvalue weighted by Crippen LogP contribution is 2.32. The number of fused-ring (bicyclic) bond motifs is 1. The van der Waals surface area contributed by atoms with Gasteiger partial charge in [-0.05, 0) is 36.2 Å². The number of urea groups is 1. The van der Waals surface area contributed by atoms with Gasteiger partial charge in [0.15, 0.2) is 5.82 Å². The van der Waals surface area contributed by atoms with Crippen molar-refractivity contribution < 1.29 is 9.63 Å². The summed E-state index contributed by atoms with van der Waals surface area (Å²) in [6.07, 6.45) is 2.19. The number of aryl methyl sites for hydroxylation is 1. The minimum absolute atomic E-state index is 0.112. The zero-order chi connectivity index (χ0) is 21.4. The van der Waals surface area contributed by atoms with Crippen molar-refractivity contribution in [2.75, 3.05) is 17.7 Å². The van der Waals surface area contributed by atoms with Gasteiger partial charge in [0.25, 0.3) is 0 Å². The van der Waals surface area contributed by atoms with Gasteiger partial charge in [-0.1, -0.05) is 42.5 Å². The molecule has 0 radical (unpaired) electrons. The summed E-state index contributed by atoms with van der Waals surface area (Å²) in [5.74, 6) is 0.417. The molecule has 0 unspecified atom stereocenters. The van der Waals surface area contributed by atoms with Gasteiger partial charge >= 0.3 is 6.03 Å². The molecule has 3 N–H and O–H groups in total. The van der Waals surface area contributed by atoms with Crippen LogP contribution in [0.25, 0.3) is 16.8 Å². The number of aromatic nitrogens is 3. The van der Waals surface area contributed by atoms with Crippen molar-refractivity contribution in [3.8, 4) is 11.3 Å². The standard InChI is InChI=1S/C23H22N6O2/c1-15-7-8-17(19-9-10-21-22(24)25-14-26-28(19)21)13-18(15)27-23(30)29-20(11-12-31-29)16-5-3-2-4-6-16/h2-10,13-14,20H,11-12H2,1H3,(H,27,30)(H2,24,25,26)/t20-/m0/s1. The summed E-state index contributed by atoms with van der Waals surface area (Å²) in [5.41, 5.74) is 11.2. The highest BCUT2D eigenvalue weighted by Gasteiger charge is 2.32. The Labute approximate surface area is 179 Å². The van der Waals surface area contributed by atoms with Gasteiger partial charge < -0.3 is 11.1 Å². The molecule has 4 aromatic rings. The fourth-order valence-corrected chi connectivity index (χ4v) is 3.91. The average molecular weight is 414 g/mol. The smallest absolute Gasteiger partial charge is 0.346 e. The highest BCUT2D eigenvalue weighted by molar-refractivity contribution is 5.91. The van der Waals surface area contributed by atoms with E-state index in [1.54, 1.807) is 4.52 Å². The number of hydroxylamine groups is 2. The molecular formula is C23H22N6O2. The second-order valence-corrected chi connectivity index (χ2v) is 7.49. The van der Waals surface area contributed by atoms with Crippen LogP contribution in [0.1, 0.15) is 23.6 Å². The van der Waals surface area contributed by atoms with Crippen molar-refractivity contribution in [3.63, 3.8) is 0 Å². The number of carbonyl (C=O) groups excluding carboxylic acids is 1. The minimum atomic E-state index is -0.293. The van der Waals surface area contributed by atoms with Gasteiger partial charge in [0.1, 0.15) is 11.8 Å². The van der Waals surface area contributed by atoms with E-state index in [-0.39, 0.29) is 12.1 Å². The van der Waals surface area contributed by atoms with Gasteiger partial charge in [-0.25, -0.2) is 14.3 Å². The van der Waals surface area contributed by atoms with E-state index in [2.05, 4.69) is 15.4 Å². The van der Waals surface area contributed by atoms with E-state index in [0.717, 1.165) is 34.3 Å². The molecule has 1 aliphatic heterocycles. The number of carbonyl (C=O) groups is 1. The van der Waals surface area contributed by atoms with E-state index < -0.39 is 0 Å². The fraction of sp³-hybridized carbons (Fsp3) is 0.174. The third kappa shape index (κ3) is 3.47. The number of hydrogen-bond acceptors (Lipinski definition) is 5. The molecule has 1 aliphatic rings. The predicted molar refractivity (Wildman–Crippen MR) is 118 cm³/mol. The summed E-state index contributed by atoms with van der Waals surface area (Å²) < 4.78 is 1.74. The molecule has 8 nitrogen and oxygen atoms in total. The molecule has 3 heterocycles. The molecule has 2 aromatic carbocycles. The normalized spacial score (nSPS) is 16.0. The lowest BCUT2D eigenvalue weighted by Gasteiger charge is -2.23. The van der Waals surface area contributed by atoms with Crippen molar-refractivity contribution in [1.82, 2.24) is 19.7 Å². The SMILES string of the molecule is Cc1ccc(-c2ccc3c(N)ncnn23)cc1NC(=O)N1OCC[C@H]1c1ccccc1. The summed E-state index contributed by atoms with van der Waals surface area (Å²) >= 11 is 0. The van der Waals surface area contributed by atoms with Gasteiger partial charge in [0.05, 0.1) is 18.3 Å². The number of nitrogens with two attached hydrogens (primary N) is 1. The summed E-state index contributed by atoms with van der Waals surface area (Å²) in [6.45, 7) is 2.46. The first-order valence-corrected chi connectivity index (χ1v) is 10.1. The molecule has 5 rings (SSSR count). The Hall–Kier alpha value is -3.91. The summed E-state index contributed by atoms with van der Waals surface area (Å²) in [7, 11) is 0. The van der Waals surface area contributed by atoms with Crippen LogP contribution in [-0.2, 0) is 4.84 Å². The molecule has 0 saturated carbocycles. The molecule has 156 valence electrons. The number of hydrogen-bond donors (Lipinski definition) is 2. The molecule has 1 saturated heterocycles. The number of nitrogens with one attached hydrogen (secondary N) is 1. The van der Waals surface area contributed by atoms with Crippen LogP contribution in [-0.4, -0.2) is 32.3 Å². The third-order valence-electron chi connectivity index (χ3n) is 5.55. The van der Waals surface area contributed by atoms with Crippen LogP contribution in [0.2, 0.25) is 0 Å². The first-order valence-electron chi connectivity index (χ1n) is 10.1. The van der Waals surface area contributed by atoms with Crippen molar-refractivity contribution >= 4 is 23.1 Å². The largest absolute Gasteiger partial charge is 0.382 e. The van der Waals surface area contributed by atoms with Gasteiger partial charge in [0.2, 0.25) is 0 Å². The van der Waals surface area contributed by atoms with E-state index in [4.69, 9.17) is 10.6 Å². The number of benzene rings is 2. The lowest BCUT2D eigenvalue weighted by Crippen LogP contribution is -2.33. The Morgan fingerprint density at radius 3 is 2.84 bits per heavy atom. The number of nitrogen functional groups attached to an aromatic ring is 1. The first-order chi connectivity index (χ1) is 15.1. The van der Waals surface area contributed by atoms with E-state index in [9.17, 15) is 4.79 Å². The maximum atomic E-state index is 13.1. The molecule has 2 aromatic heterocycles. The second kappa shape index (κ2) is 7.73. The van der Waals surface area contributed by atoms with Crippen molar-refractivity contribution in [3.05, 3.63) is 78.1 Å². The number of rotatable bonds is 3. The predicted octanol–water partition coefficient (Wildman–Crippen LogP) is 4.20. The van der Waals surface area contributed by atoms with Gasteiger partial charge in [-0.15, -0.1) is 0 Å². The Bertz CT molecular complexity index is 1250. The molecule has 2 amide bonds. The number of anilines is 2. The zero-order valence-electron chi connectivity index (χ0n) is 17.0. The molecular weight excluding hydrogens is 392 g/mol. The Kier molecular flexibility index (Phi) is 4.76. The van der Waals surface area contributed by atoms with Gasteiger partial charge in [0, 0.05) is 17.7 Å². The quantitative estimate of drug-likeness (QED) is 0.524. The number of nitrogens with zero attached hydrogens (tertiary/aromatic N) is 4. The lowest BCUT2D eigenvalue weighted by molar-refractivity contribution is -0.0829. The summed E-state index contributed by atoms with van der Waals surface area (Å²) in [5, 5.41) is 8.75. The molecule has 31 heavy (non-hydrogen) atoms. The molecule has 0 spiro atoms. The van der Waals surface area contributed by atoms with Crippen LogP contribution in [0.15, 0.2) is 67.0 Å². The molecule has 0 aliphatic carbocycles. The summed E-state index contributed by atoms with van der Waals surface area (Å²) in [6, 6.07) is 19.2. The highest BCUT2D eigenvalue weighted by atomic mass is 16.7. The lowest BCUT2D eigenvalue weighted by atomic mass is 10.0. The van der Waals surface area contributed by atoms with Crippen LogP contribution >= 0.6 is 0 Å². The summed E-state index contributed by atoms with van der Waals surface area (Å²) in [4.78, 5) is 22.7. The molecule has 0 bridgehead atoms. The maximum absolute atomic E-state index is 13.1. The third-order valence-corrected chi connectivity index (χ3v) is 5.55. The van der Waals surface area contributed by atoms with E-state index >= 15 is 0 Å². The molecule has 1 fully saturated rings. The van der Waals surface area contributed by atoms with E-state index in [1.807, 2.05) is 67.6 Å². The molecule has 8 heteroatoms. The number of amides is 2. The van der Waals surface area contributed by atoms with Gasteiger partial charge in [-0.3, -0.25) is 4.84 Å². The minimum Gasteiger partial charge on any atom is -0.382 e. The monoisotopic (exact) mass is 414 g/mol. The topological polar surface area (TPSA) is 97.8 Å². The molecule has 1 atom stereocenters. The average Bonchev–Trinajstić information content (AvgIpc) is 3.44. The van der Waals surface area contributed by atoms with E-state index in [0.29, 0.717) is 18.1 Å². The maximum Gasteiger partial charge on any atom is 0.346 e. The first kappa shape index (κ1) is 19.1. The van der Waals surface area contributed by atoms with Crippen LogP contribution in [0, 0.1) is 6.92 Å². The van der Waals surface area contributed by atoms with Gasteiger partial charge in [-0.2, -0.15) is 10.2 Å². The fourth-order valence-electron chi connectivity index (χ4n) is 3.91. The Morgan fingerprint density at radius 1 is 1.16 bits per heavy atom. The zero-order valence-corrected chi connectivity index (χ0v) is 17.0. The Morgan fingerprint density at radius 2 is 2.00 bits per heavy atom. The van der Waals surface area contributed by atoms with Crippen LogP contribution in [0.4, 0.5) is 16.3 Å². The van der Waals surface area contributed by atoms with Crippen LogP contribution in [0.3, 0.4) is 0 Å². The van der Waals surface area contributed by atoms with Crippen molar-refractivity contribution in [2.24, 2.45) is 0 Å². The van der Waals surface area contributed by atoms with Crippen LogP contribution in [0.5, 0.6) is 0 Å². The Balaban J connectivity index is 1.43. The van der Waals surface area contributed by atoms with E-state index in [1.165, 1.54) is 11.4 Å².